The highest BCUT2D eigenvalue weighted by molar-refractivity contribution is 6.30. The number of nitrogens with zero attached hydrogens (tertiary/aromatic N) is 1. The maximum Gasteiger partial charge on any atom is 0.305 e. The van der Waals surface area contributed by atoms with Crippen LogP contribution in [0, 0.1) is 11.7 Å². The lowest BCUT2D eigenvalue weighted by atomic mass is 9.88. The SMILES string of the molecule is CC.COC1c2c(F)cc(C(O)C3CCOCC3)cc2C(=O)N1[C@@H](CC(=O)O)c1ccc(Cl)cc1.Clc1ccccc1. The van der Waals surface area contributed by atoms with Crippen LogP contribution in [0.15, 0.2) is 66.7 Å². The zero-order valence-electron chi connectivity index (χ0n) is 23.8. The van der Waals surface area contributed by atoms with E-state index in [9.17, 15) is 19.8 Å². The molecule has 0 aromatic heterocycles. The number of aliphatic hydroxyl groups is 1. The quantitative estimate of drug-likeness (QED) is 0.282. The molecular formula is C32H36Cl2FNO6. The number of fused-ring (bicyclic) bond motifs is 1. The van der Waals surface area contributed by atoms with Gasteiger partial charge in [0.25, 0.3) is 5.91 Å². The van der Waals surface area contributed by atoms with E-state index in [1.54, 1.807) is 24.3 Å². The van der Waals surface area contributed by atoms with Crippen molar-refractivity contribution in [3.05, 3.63) is 105 Å². The number of ether oxygens (including phenoxy) is 2. The van der Waals surface area contributed by atoms with E-state index in [2.05, 4.69) is 0 Å². The minimum Gasteiger partial charge on any atom is -0.481 e. The van der Waals surface area contributed by atoms with Crippen molar-refractivity contribution in [3.63, 3.8) is 0 Å². The number of aliphatic hydroxyl groups excluding tert-OH is 1. The third-order valence-electron chi connectivity index (χ3n) is 7.09. The fourth-order valence-electron chi connectivity index (χ4n) is 5.10. The number of halogens is 3. The Hall–Kier alpha value is -3.01. The van der Waals surface area contributed by atoms with Gasteiger partial charge < -0.3 is 24.6 Å². The predicted octanol–water partition coefficient (Wildman–Crippen LogP) is 7.62. The molecule has 0 radical (unpaired) electrons. The van der Waals surface area contributed by atoms with Crippen molar-refractivity contribution in [2.45, 2.75) is 51.5 Å². The van der Waals surface area contributed by atoms with Crippen LogP contribution < -0.4 is 0 Å². The van der Waals surface area contributed by atoms with E-state index in [1.807, 2.05) is 44.2 Å². The van der Waals surface area contributed by atoms with Crippen molar-refractivity contribution in [1.29, 1.82) is 0 Å². The lowest BCUT2D eigenvalue weighted by Gasteiger charge is -2.32. The van der Waals surface area contributed by atoms with E-state index in [0.717, 1.165) is 5.02 Å². The van der Waals surface area contributed by atoms with Crippen LogP contribution in [0.1, 0.15) is 78.5 Å². The summed E-state index contributed by atoms with van der Waals surface area (Å²) in [6.45, 7) is 5.04. The van der Waals surface area contributed by atoms with Gasteiger partial charge in [-0.05, 0) is 66.3 Å². The number of carboxylic acids is 1. The van der Waals surface area contributed by atoms with Gasteiger partial charge in [-0.15, -0.1) is 0 Å². The highest BCUT2D eigenvalue weighted by atomic mass is 35.5. The molecule has 3 atom stereocenters. The van der Waals surface area contributed by atoms with Gasteiger partial charge in [0.05, 0.1) is 24.1 Å². The van der Waals surface area contributed by atoms with Crippen LogP contribution in [0.2, 0.25) is 10.0 Å². The molecule has 0 saturated carbocycles. The Labute approximate surface area is 255 Å². The Balaban J connectivity index is 0.000000465. The van der Waals surface area contributed by atoms with Crippen LogP contribution in [-0.4, -0.2) is 47.3 Å². The van der Waals surface area contributed by atoms with Crippen LogP contribution >= 0.6 is 23.2 Å². The molecular weight excluding hydrogens is 584 g/mol. The molecule has 0 aliphatic carbocycles. The average Bonchev–Trinajstić information content (AvgIpc) is 3.29. The average molecular weight is 621 g/mol. The topological polar surface area (TPSA) is 96.3 Å². The number of rotatable bonds is 7. The standard InChI is InChI=1S/C24H25ClFNO6.C6H5Cl.C2H6/c1-32-24-21-17(10-15(11-18(21)26)22(30)14-6-8-33-9-7-14)23(31)27(24)19(12-20(28)29)13-2-4-16(25)5-3-13;7-6-4-2-1-3-5-6;1-2/h2-5,10-11,14,19,22,24,30H,6-9,12H2,1H3,(H,28,29);1-5H;1-2H3/t19-,22?,24?;;/m0../s1. The number of carboxylic acid groups (broad SMARTS) is 1. The van der Waals surface area contributed by atoms with Gasteiger partial charge in [-0.3, -0.25) is 9.59 Å². The number of aliphatic carboxylic acids is 1. The van der Waals surface area contributed by atoms with E-state index in [1.165, 1.54) is 24.1 Å². The number of amides is 1. The highest BCUT2D eigenvalue weighted by Gasteiger charge is 2.44. The number of hydrogen-bond acceptors (Lipinski definition) is 5. The minimum absolute atomic E-state index is 0.0368. The number of benzene rings is 3. The molecule has 2 aliphatic rings. The second-order valence-corrected chi connectivity index (χ2v) is 10.5. The molecule has 3 aromatic rings. The zero-order chi connectivity index (χ0) is 30.8. The Morgan fingerprint density at radius 2 is 1.62 bits per heavy atom. The zero-order valence-corrected chi connectivity index (χ0v) is 25.3. The summed E-state index contributed by atoms with van der Waals surface area (Å²) in [6, 6.07) is 17.7. The lowest BCUT2D eigenvalue weighted by molar-refractivity contribution is -0.139. The van der Waals surface area contributed by atoms with Crippen molar-refractivity contribution in [2.24, 2.45) is 5.92 Å². The Kier molecular flexibility index (Phi) is 12.8. The number of methoxy groups -OCH3 is 1. The van der Waals surface area contributed by atoms with Gasteiger partial charge in [0.15, 0.2) is 6.23 Å². The van der Waals surface area contributed by atoms with Gasteiger partial charge in [-0.2, -0.15) is 0 Å². The van der Waals surface area contributed by atoms with Crippen molar-refractivity contribution in [3.8, 4) is 0 Å². The third kappa shape index (κ3) is 8.08. The third-order valence-corrected chi connectivity index (χ3v) is 7.59. The second kappa shape index (κ2) is 16.0. The fourth-order valence-corrected chi connectivity index (χ4v) is 5.38. The summed E-state index contributed by atoms with van der Waals surface area (Å²) < 4.78 is 26.1. The van der Waals surface area contributed by atoms with E-state index in [-0.39, 0.29) is 17.0 Å². The van der Waals surface area contributed by atoms with E-state index in [0.29, 0.717) is 42.2 Å². The fraction of sp³-hybridized carbons (Fsp3) is 0.375. The van der Waals surface area contributed by atoms with Crippen molar-refractivity contribution in [2.75, 3.05) is 20.3 Å². The molecule has 7 nitrogen and oxygen atoms in total. The smallest absolute Gasteiger partial charge is 0.305 e. The number of carbonyl (C=O) groups excluding carboxylic acids is 1. The normalized spacial score (nSPS) is 17.7. The van der Waals surface area contributed by atoms with Gasteiger partial charge in [0.2, 0.25) is 0 Å². The molecule has 1 amide bonds. The molecule has 2 heterocycles. The Morgan fingerprint density at radius 1 is 1.02 bits per heavy atom. The molecule has 0 spiro atoms. The summed E-state index contributed by atoms with van der Waals surface area (Å²) in [5.74, 6) is -2.46. The number of hydrogen-bond donors (Lipinski definition) is 2. The van der Waals surface area contributed by atoms with Gasteiger partial charge in [-0.1, -0.05) is 67.4 Å². The molecule has 226 valence electrons. The first-order valence-electron chi connectivity index (χ1n) is 13.8. The molecule has 1 fully saturated rings. The van der Waals surface area contributed by atoms with Crippen molar-refractivity contribution < 1.29 is 33.7 Å². The molecule has 3 aromatic carbocycles. The first-order chi connectivity index (χ1) is 20.2. The van der Waals surface area contributed by atoms with Gasteiger partial charge in [0, 0.05) is 35.9 Å². The molecule has 2 unspecified atom stereocenters. The van der Waals surface area contributed by atoms with Crippen LogP contribution in [0.5, 0.6) is 0 Å². The largest absolute Gasteiger partial charge is 0.481 e. The monoisotopic (exact) mass is 619 g/mol. The van der Waals surface area contributed by atoms with Crippen LogP contribution in [-0.2, 0) is 14.3 Å². The maximum absolute atomic E-state index is 15.3. The molecule has 0 bridgehead atoms. The Morgan fingerprint density at radius 3 is 2.14 bits per heavy atom. The van der Waals surface area contributed by atoms with E-state index in [4.69, 9.17) is 32.7 Å². The summed E-state index contributed by atoms with van der Waals surface area (Å²) in [5.41, 5.74) is 0.944. The lowest BCUT2D eigenvalue weighted by Crippen LogP contribution is -2.34. The maximum atomic E-state index is 15.3. The van der Waals surface area contributed by atoms with Crippen LogP contribution in [0.25, 0.3) is 0 Å². The molecule has 10 heteroatoms. The van der Waals surface area contributed by atoms with E-state index < -0.39 is 42.5 Å². The summed E-state index contributed by atoms with van der Waals surface area (Å²) in [7, 11) is 1.34. The van der Waals surface area contributed by atoms with Gasteiger partial charge in [-0.25, -0.2) is 4.39 Å². The minimum atomic E-state index is -1.12. The van der Waals surface area contributed by atoms with Crippen LogP contribution in [0.3, 0.4) is 0 Å². The number of carbonyl (C=O) groups is 2. The van der Waals surface area contributed by atoms with Gasteiger partial charge >= 0.3 is 5.97 Å². The van der Waals surface area contributed by atoms with Crippen LogP contribution in [0.4, 0.5) is 4.39 Å². The second-order valence-electron chi connectivity index (χ2n) is 9.62. The first kappa shape index (κ1) is 33.5. The summed E-state index contributed by atoms with van der Waals surface area (Å²) in [4.78, 5) is 26.4. The molecule has 2 N–H and O–H groups in total. The predicted molar refractivity (Wildman–Crippen MR) is 160 cm³/mol. The molecule has 1 saturated heterocycles. The Bertz CT molecular complexity index is 1320. The van der Waals surface area contributed by atoms with Crippen molar-refractivity contribution in [1.82, 2.24) is 4.90 Å². The highest BCUT2D eigenvalue weighted by Crippen LogP contribution is 2.44. The van der Waals surface area contributed by atoms with E-state index >= 15 is 4.39 Å². The molecule has 5 rings (SSSR count). The summed E-state index contributed by atoms with van der Waals surface area (Å²) >= 11 is 11.5. The van der Waals surface area contributed by atoms with Gasteiger partial charge in [0.1, 0.15) is 5.82 Å². The molecule has 2 aliphatic heterocycles. The molecule has 42 heavy (non-hydrogen) atoms. The first-order valence-corrected chi connectivity index (χ1v) is 14.6. The van der Waals surface area contributed by atoms with Crippen molar-refractivity contribution >= 4 is 35.1 Å². The summed E-state index contributed by atoms with van der Waals surface area (Å²) in [5, 5.41) is 21.6. The summed E-state index contributed by atoms with van der Waals surface area (Å²) in [6.07, 6.45) is -1.18.